The highest BCUT2D eigenvalue weighted by Crippen LogP contribution is 2.29. The van der Waals surface area contributed by atoms with Crippen LogP contribution in [0.5, 0.6) is 0 Å². The number of thioether (sulfide) groups is 1. The highest BCUT2D eigenvalue weighted by molar-refractivity contribution is 8.00. The molecule has 0 bridgehead atoms. The second-order valence-electron chi connectivity index (χ2n) is 3.82. The molecule has 0 atom stereocenters. The molecule has 0 unspecified atom stereocenters. The van der Waals surface area contributed by atoms with Crippen LogP contribution in [0.4, 0.5) is 10.6 Å². The van der Waals surface area contributed by atoms with E-state index in [1.54, 1.807) is 6.92 Å². The van der Waals surface area contributed by atoms with Crippen LogP contribution in [0.25, 0.3) is 0 Å². The van der Waals surface area contributed by atoms with E-state index in [9.17, 15) is 9.59 Å². The summed E-state index contributed by atoms with van der Waals surface area (Å²) in [5, 5.41) is 5.31. The Morgan fingerprint density at radius 3 is 2.75 bits per heavy atom. The molecule has 1 heterocycles. The predicted octanol–water partition coefficient (Wildman–Crippen LogP) is 2.96. The third-order valence-corrected chi connectivity index (χ3v) is 4.31. The summed E-state index contributed by atoms with van der Waals surface area (Å²) in [6.45, 7) is 4.66. The Bertz CT molecular complexity index is 463. The summed E-state index contributed by atoms with van der Waals surface area (Å²) in [6.07, 6.45) is 3.77. The minimum Gasteiger partial charge on any atom is -0.462 e. The van der Waals surface area contributed by atoms with Gasteiger partial charge in [0, 0.05) is 6.54 Å². The van der Waals surface area contributed by atoms with E-state index in [1.165, 1.54) is 23.1 Å². The molecule has 1 rings (SSSR count). The zero-order valence-corrected chi connectivity index (χ0v) is 13.4. The van der Waals surface area contributed by atoms with Gasteiger partial charge in [0.2, 0.25) is 0 Å². The van der Waals surface area contributed by atoms with Crippen LogP contribution >= 0.6 is 23.1 Å². The lowest BCUT2D eigenvalue weighted by Crippen LogP contribution is -2.30. The number of urea groups is 1. The van der Waals surface area contributed by atoms with Crippen LogP contribution in [0, 0.1) is 0 Å². The summed E-state index contributed by atoms with van der Waals surface area (Å²) >= 11 is 2.63. The number of carbonyl (C=O) groups is 2. The highest BCUT2D eigenvalue weighted by Gasteiger charge is 2.20. The maximum absolute atomic E-state index is 11.8. The van der Waals surface area contributed by atoms with Crippen LogP contribution in [0.15, 0.2) is 4.34 Å². The molecule has 0 saturated heterocycles. The third-order valence-electron chi connectivity index (χ3n) is 2.29. The zero-order chi connectivity index (χ0) is 15.0. The molecule has 2 amide bonds. The molecular formula is C12H19N3O3S2. The topological polar surface area (TPSA) is 80.3 Å². The second-order valence-corrected chi connectivity index (χ2v) is 5.87. The molecule has 112 valence electrons. The quantitative estimate of drug-likeness (QED) is 0.459. The first-order valence-corrected chi connectivity index (χ1v) is 8.43. The van der Waals surface area contributed by atoms with Gasteiger partial charge in [0.15, 0.2) is 15.0 Å². The predicted molar refractivity (Wildman–Crippen MR) is 81.8 cm³/mol. The van der Waals surface area contributed by atoms with Gasteiger partial charge in [-0.15, -0.1) is 0 Å². The lowest BCUT2D eigenvalue weighted by Gasteiger charge is -2.06. The fraction of sp³-hybridized carbons (Fsp3) is 0.583. The number of amides is 2. The standard InChI is InChI=1S/C12H19N3O3S2/c1-4-6-7-13-11(17)14-9-8(10(16)18-5-2)20-12(15-9)19-3/h4-7H2,1-3H3,(H2,13,14,17). The minimum absolute atomic E-state index is 0.256. The summed E-state index contributed by atoms with van der Waals surface area (Å²) in [5.41, 5.74) is 0. The van der Waals surface area contributed by atoms with Crippen molar-refractivity contribution in [3.8, 4) is 0 Å². The molecule has 0 spiro atoms. The maximum atomic E-state index is 11.8. The number of esters is 1. The first-order chi connectivity index (χ1) is 9.62. The first kappa shape index (κ1) is 16.8. The SMILES string of the molecule is CCCCNC(=O)Nc1nc(SC)sc1C(=O)OCC. The van der Waals surface area contributed by atoms with Crippen LogP contribution in [0.1, 0.15) is 36.4 Å². The Morgan fingerprint density at radius 1 is 1.40 bits per heavy atom. The van der Waals surface area contributed by atoms with Gasteiger partial charge in [-0.1, -0.05) is 36.4 Å². The van der Waals surface area contributed by atoms with Crippen molar-refractivity contribution in [1.82, 2.24) is 10.3 Å². The van der Waals surface area contributed by atoms with Crippen LogP contribution in [-0.4, -0.2) is 36.4 Å². The van der Waals surface area contributed by atoms with Gasteiger partial charge in [-0.2, -0.15) is 0 Å². The van der Waals surface area contributed by atoms with Crippen molar-refractivity contribution in [2.24, 2.45) is 0 Å². The van der Waals surface area contributed by atoms with Crippen LogP contribution in [-0.2, 0) is 4.74 Å². The largest absolute Gasteiger partial charge is 0.462 e. The molecule has 0 radical (unpaired) electrons. The van der Waals surface area contributed by atoms with Gasteiger partial charge < -0.3 is 10.1 Å². The number of nitrogens with zero attached hydrogens (tertiary/aromatic N) is 1. The van der Waals surface area contributed by atoms with Crippen molar-refractivity contribution in [2.75, 3.05) is 24.7 Å². The lowest BCUT2D eigenvalue weighted by atomic mass is 10.3. The minimum atomic E-state index is -0.464. The number of rotatable bonds is 7. The zero-order valence-electron chi connectivity index (χ0n) is 11.8. The van der Waals surface area contributed by atoms with Gasteiger partial charge in [-0.3, -0.25) is 5.32 Å². The van der Waals surface area contributed by atoms with Gasteiger partial charge in [0.05, 0.1) is 6.61 Å². The van der Waals surface area contributed by atoms with Gasteiger partial charge in [-0.05, 0) is 19.6 Å². The van der Waals surface area contributed by atoms with E-state index in [0.717, 1.165) is 12.8 Å². The van der Waals surface area contributed by atoms with Crippen molar-refractivity contribution >= 4 is 40.9 Å². The van der Waals surface area contributed by atoms with E-state index in [1.807, 2.05) is 13.2 Å². The van der Waals surface area contributed by atoms with E-state index >= 15 is 0 Å². The number of aromatic nitrogens is 1. The molecule has 20 heavy (non-hydrogen) atoms. The summed E-state index contributed by atoms with van der Waals surface area (Å²) in [7, 11) is 0. The summed E-state index contributed by atoms with van der Waals surface area (Å²) in [4.78, 5) is 28.0. The van der Waals surface area contributed by atoms with Crippen molar-refractivity contribution in [3.05, 3.63) is 4.88 Å². The van der Waals surface area contributed by atoms with Crippen molar-refractivity contribution in [1.29, 1.82) is 0 Å². The lowest BCUT2D eigenvalue weighted by molar-refractivity contribution is 0.0533. The Balaban J connectivity index is 2.74. The number of unbranched alkanes of at least 4 members (excludes halogenated alkanes) is 1. The van der Waals surface area contributed by atoms with E-state index in [0.29, 0.717) is 15.8 Å². The number of anilines is 1. The number of carbonyl (C=O) groups excluding carboxylic acids is 2. The molecule has 0 aliphatic rings. The third kappa shape index (κ3) is 5.01. The average molecular weight is 317 g/mol. The molecule has 1 aromatic heterocycles. The van der Waals surface area contributed by atoms with Gasteiger partial charge in [0.1, 0.15) is 0 Å². The van der Waals surface area contributed by atoms with Gasteiger partial charge >= 0.3 is 12.0 Å². The Labute approximate surface area is 126 Å². The Hall–Kier alpha value is -1.28. The summed E-state index contributed by atoms with van der Waals surface area (Å²) in [6, 6.07) is -0.359. The number of thiazole rings is 1. The molecule has 2 N–H and O–H groups in total. The highest BCUT2D eigenvalue weighted by atomic mass is 32.2. The molecule has 0 aromatic carbocycles. The molecule has 8 heteroatoms. The smallest absolute Gasteiger partial charge is 0.352 e. The Morgan fingerprint density at radius 2 is 2.15 bits per heavy atom. The fourth-order valence-electron chi connectivity index (χ4n) is 1.34. The van der Waals surface area contributed by atoms with Crippen LogP contribution in [0.3, 0.4) is 0 Å². The summed E-state index contributed by atoms with van der Waals surface area (Å²) < 4.78 is 5.66. The van der Waals surface area contributed by atoms with E-state index in [4.69, 9.17) is 4.74 Å². The number of hydrogen-bond acceptors (Lipinski definition) is 6. The van der Waals surface area contributed by atoms with E-state index < -0.39 is 5.97 Å². The van der Waals surface area contributed by atoms with Crippen LogP contribution in [0.2, 0.25) is 0 Å². The molecule has 0 fully saturated rings. The number of hydrogen-bond donors (Lipinski definition) is 2. The molecular weight excluding hydrogens is 298 g/mol. The number of nitrogens with one attached hydrogen (secondary N) is 2. The Kier molecular flexibility index (Phi) is 7.38. The fourth-order valence-corrected chi connectivity index (χ4v) is 2.75. The van der Waals surface area contributed by atoms with Crippen molar-refractivity contribution in [2.45, 2.75) is 31.0 Å². The monoisotopic (exact) mass is 317 g/mol. The molecule has 0 aliphatic heterocycles. The molecule has 0 saturated carbocycles. The molecule has 1 aromatic rings. The summed E-state index contributed by atoms with van der Waals surface area (Å²) in [5.74, 6) is -0.207. The van der Waals surface area contributed by atoms with Gasteiger partial charge in [-0.25, -0.2) is 14.6 Å². The second kappa shape index (κ2) is 8.80. The van der Waals surface area contributed by atoms with E-state index in [2.05, 4.69) is 15.6 Å². The van der Waals surface area contributed by atoms with Crippen molar-refractivity contribution < 1.29 is 14.3 Å². The average Bonchev–Trinajstić information content (AvgIpc) is 2.82. The number of ether oxygens (including phenoxy) is 1. The molecule has 6 nitrogen and oxygen atoms in total. The van der Waals surface area contributed by atoms with E-state index in [-0.39, 0.29) is 18.5 Å². The first-order valence-electron chi connectivity index (χ1n) is 6.39. The maximum Gasteiger partial charge on any atom is 0.352 e. The molecule has 0 aliphatic carbocycles. The van der Waals surface area contributed by atoms with Gasteiger partial charge in [0.25, 0.3) is 0 Å². The van der Waals surface area contributed by atoms with Crippen molar-refractivity contribution in [3.63, 3.8) is 0 Å². The normalized spacial score (nSPS) is 10.2. The van der Waals surface area contributed by atoms with Crippen LogP contribution < -0.4 is 10.6 Å².